The van der Waals surface area contributed by atoms with Crippen LogP contribution >= 0.6 is 22.6 Å². The molecular formula is C26H37IO2. The zero-order valence-corrected chi connectivity index (χ0v) is 21.7. The van der Waals surface area contributed by atoms with Crippen LogP contribution in [0.25, 0.3) is 0 Å². The highest BCUT2D eigenvalue weighted by molar-refractivity contribution is 14.1. The summed E-state index contributed by atoms with van der Waals surface area (Å²) >= 11 is 2.61. The molecule has 2 nitrogen and oxygen atoms in total. The Balaban J connectivity index is 2.87. The summed E-state index contributed by atoms with van der Waals surface area (Å²) < 4.78 is -0.234. The summed E-state index contributed by atoms with van der Waals surface area (Å²) in [6.07, 6.45) is 2.03. The molecule has 2 N–H and O–H groups in total. The van der Waals surface area contributed by atoms with Crippen molar-refractivity contribution in [2.45, 2.75) is 89.4 Å². The minimum absolute atomic E-state index is 0.142. The average molecular weight is 508 g/mol. The van der Waals surface area contributed by atoms with E-state index in [-0.39, 0.29) is 14.3 Å². The van der Waals surface area contributed by atoms with Crippen LogP contribution in [-0.4, -0.2) is 10.2 Å². The van der Waals surface area contributed by atoms with Gasteiger partial charge in [-0.3, -0.25) is 0 Å². The van der Waals surface area contributed by atoms with Crippen LogP contribution in [0.3, 0.4) is 0 Å². The van der Waals surface area contributed by atoms with Crippen molar-refractivity contribution < 1.29 is 10.2 Å². The molecule has 160 valence electrons. The highest BCUT2D eigenvalue weighted by Crippen LogP contribution is 2.50. The number of hydrogen-bond acceptors (Lipinski definition) is 2. The van der Waals surface area contributed by atoms with Crippen molar-refractivity contribution in [2.24, 2.45) is 0 Å². The van der Waals surface area contributed by atoms with Gasteiger partial charge in [0, 0.05) is 0 Å². The van der Waals surface area contributed by atoms with Gasteiger partial charge in [-0.05, 0) is 88.7 Å². The monoisotopic (exact) mass is 508 g/mol. The summed E-state index contributed by atoms with van der Waals surface area (Å²) in [4.78, 5) is 0. The van der Waals surface area contributed by atoms with Crippen molar-refractivity contribution >= 4 is 22.6 Å². The minimum atomic E-state index is -0.234. The summed E-state index contributed by atoms with van der Waals surface area (Å²) in [5, 5.41) is 21.2. The summed E-state index contributed by atoms with van der Waals surface area (Å²) in [6, 6.07) is 8.24. The van der Waals surface area contributed by atoms with Crippen LogP contribution in [0.15, 0.2) is 24.3 Å². The summed E-state index contributed by atoms with van der Waals surface area (Å²) in [7, 11) is 0. The Hall–Kier alpha value is -1.23. The van der Waals surface area contributed by atoms with Crippen LogP contribution in [0.5, 0.6) is 11.5 Å². The third kappa shape index (κ3) is 4.76. The zero-order valence-electron chi connectivity index (χ0n) is 19.5. The minimum Gasteiger partial charge on any atom is -0.508 e. The maximum Gasteiger partial charge on any atom is 0.119 e. The Kier molecular flexibility index (Phi) is 6.74. The number of hydrogen-bond donors (Lipinski definition) is 2. The first-order valence-corrected chi connectivity index (χ1v) is 11.6. The third-order valence-corrected chi connectivity index (χ3v) is 7.45. The van der Waals surface area contributed by atoms with E-state index in [1.807, 2.05) is 12.1 Å². The molecule has 0 unspecified atom stereocenters. The van der Waals surface area contributed by atoms with Crippen molar-refractivity contribution in [3.63, 3.8) is 0 Å². The lowest BCUT2D eigenvalue weighted by molar-refractivity contribution is 0.444. The molecule has 0 saturated carbocycles. The molecule has 2 aromatic carbocycles. The van der Waals surface area contributed by atoms with Crippen molar-refractivity contribution in [1.82, 2.24) is 0 Å². The van der Waals surface area contributed by atoms with Crippen molar-refractivity contribution in [2.75, 3.05) is 0 Å². The van der Waals surface area contributed by atoms with E-state index in [1.165, 1.54) is 11.1 Å². The maximum absolute atomic E-state index is 10.6. The molecule has 2 aromatic rings. The van der Waals surface area contributed by atoms with Gasteiger partial charge in [0.25, 0.3) is 0 Å². The molecule has 0 spiro atoms. The van der Waals surface area contributed by atoms with Crippen molar-refractivity contribution in [3.8, 4) is 11.5 Å². The predicted octanol–water partition coefficient (Wildman–Crippen LogP) is 7.79. The van der Waals surface area contributed by atoms with E-state index in [4.69, 9.17) is 0 Å². The fourth-order valence-electron chi connectivity index (χ4n) is 4.20. The molecule has 0 radical (unpaired) electrons. The smallest absolute Gasteiger partial charge is 0.119 e. The molecule has 0 amide bonds. The van der Waals surface area contributed by atoms with Gasteiger partial charge in [-0.1, -0.05) is 77.5 Å². The largest absolute Gasteiger partial charge is 0.508 e. The topological polar surface area (TPSA) is 40.5 Å². The van der Waals surface area contributed by atoms with Gasteiger partial charge in [-0.15, -0.1) is 0 Å². The van der Waals surface area contributed by atoms with Gasteiger partial charge in [0.05, 0.1) is 3.42 Å². The summed E-state index contributed by atoms with van der Waals surface area (Å²) in [6.45, 7) is 19.2. The molecule has 0 aliphatic rings. The lowest BCUT2D eigenvalue weighted by Gasteiger charge is -2.35. The number of phenols is 2. The van der Waals surface area contributed by atoms with E-state index < -0.39 is 0 Å². The lowest BCUT2D eigenvalue weighted by Crippen LogP contribution is -2.25. The van der Waals surface area contributed by atoms with Crippen LogP contribution < -0.4 is 0 Å². The first kappa shape index (κ1) is 24.0. The van der Waals surface area contributed by atoms with Gasteiger partial charge in [-0.2, -0.15) is 0 Å². The normalized spacial score (nSPS) is 13.0. The van der Waals surface area contributed by atoms with Gasteiger partial charge in [0.1, 0.15) is 11.5 Å². The Morgan fingerprint density at radius 3 is 1.31 bits per heavy atom. The Morgan fingerprint density at radius 1 is 0.690 bits per heavy atom. The second-order valence-electron chi connectivity index (χ2n) is 10.4. The predicted molar refractivity (Wildman–Crippen MR) is 133 cm³/mol. The third-order valence-electron chi connectivity index (χ3n) is 5.75. The number of phenolic OH excluding ortho intramolecular Hbond substituents is 2. The first-order chi connectivity index (χ1) is 13.1. The lowest BCUT2D eigenvalue weighted by atomic mass is 9.76. The fraction of sp³-hybridized carbons (Fsp3) is 0.538. The SMILES string of the molecule is CCCC(I)(c1cc(C(C)(C)C)c(O)cc1C)c1cc(C(C)(C)C)c(O)cc1C. The van der Waals surface area contributed by atoms with Crippen LogP contribution in [0.2, 0.25) is 0 Å². The van der Waals surface area contributed by atoms with E-state index in [2.05, 4.69) is 97.0 Å². The van der Waals surface area contributed by atoms with Gasteiger partial charge in [-0.25, -0.2) is 0 Å². The van der Waals surface area contributed by atoms with E-state index in [1.54, 1.807) is 0 Å². The number of alkyl halides is 1. The first-order valence-electron chi connectivity index (χ1n) is 10.5. The average Bonchev–Trinajstić information content (AvgIpc) is 2.52. The van der Waals surface area contributed by atoms with Crippen LogP contribution in [0, 0.1) is 13.8 Å². The molecule has 0 heterocycles. The Morgan fingerprint density at radius 2 is 1.03 bits per heavy atom. The molecule has 0 aliphatic heterocycles. The molecular weight excluding hydrogens is 471 g/mol. The van der Waals surface area contributed by atoms with E-state index in [0.717, 1.165) is 35.1 Å². The summed E-state index contributed by atoms with van der Waals surface area (Å²) in [5.74, 6) is 0.735. The molecule has 2 rings (SSSR count). The standard InChI is InChI=1S/C26H37IO2/c1-10-11-26(27,18-14-20(24(4,5)6)22(28)12-16(18)2)19-15-21(25(7,8)9)23(29)13-17(19)3/h12-15,28-29H,10-11H2,1-9H3. The Bertz CT molecular complexity index is 829. The molecule has 0 fully saturated rings. The van der Waals surface area contributed by atoms with Crippen LogP contribution in [0.1, 0.15) is 94.7 Å². The molecule has 3 heteroatoms. The molecule has 0 saturated heterocycles. The van der Waals surface area contributed by atoms with Crippen molar-refractivity contribution in [3.05, 3.63) is 57.6 Å². The van der Waals surface area contributed by atoms with Gasteiger partial charge in [0.15, 0.2) is 0 Å². The zero-order chi connectivity index (χ0) is 22.4. The van der Waals surface area contributed by atoms with E-state index in [9.17, 15) is 10.2 Å². The fourth-order valence-corrected chi connectivity index (χ4v) is 5.90. The molecule has 0 aliphatic carbocycles. The second-order valence-corrected chi connectivity index (χ2v) is 12.3. The van der Waals surface area contributed by atoms with E-state index in [0.29, 0.717) is 11.5 Å². The highest BCUT2D eigenvalue weighted by Gasteiger charge is 2.36. The number of benzene rings is 2. The van der Waals surface area contributed by atoms with E-state index >= 15 is 0 Å². The van der Waals surface area contributed by atoms with Crippen molar-refractivity contribution in [1.29, 1.82) is 0 Å². The number of aromatic hydroxyl groups is 2. The Labute approximate surface area is 190 Å². The molecule has 0 atom stereocenters. The molecule has 0 bridgehead atoms. The molecule has 0 aromatic heterocycles. The number of rotatable bonds is 4. The number of halogens is 1. The van der Waals surface area contributed by atoms with Gasteiger partial charge < -0.3 is 10.2 Å². The number of aryl methyl sites for hydroxylation is 2. The quantitative estimate of drug-likeness (QED) is 0.327. The van der Waals surface area contributed by atoms with Crippen LogP contribution in [0.4, 0.5) is 0 Å². The molecule has 29 heavy (non-hydrogen) atoms. The second kappa shape index (κ2) is 8.13. The van der Waals surface area contributed by atoms with Gasteiger partial charge >= 0.3 is 0 Å². The highest BCUT2D eigenvalue weighted by atomic mass is 127. The van der Waals surface area contributed by atoms with Gasteiger partial charge in [0.2, 0.25) is 0 Å². The summed E-state index contributed by atoms with van der Waals surface area (Å²) in [5.41, 5.74) is 6.36. The maximum atomic E-state index is 10.6. The van der Waals surface area contributed by atoms with Crippen LogP contribution in [-0.2, 0) is 14.3 Å².